The molecular formula is C14H9Cl2FN2. The Bertz CT molecular complexity index is 650. The highest BCUT2D eigenvalue weighted by Gasteiger charge is 2.07. The third-order valence-corrected chi connectivity index (χ3v) is 3.33. The van der Waals surface area contributed by atoms with Crippen molar-refractivity contribution in [1.82, 2.24) is 0 Å². The van der Waals surface area contributed by atoms with Gasteiger partial charge in [-0.25, -0.2) is 4.39 Å². The van der Waals surface area contributed by atoms with Crippen molar-refractivity contribution in [3.8, 4) is 6.07 Å². The van der Waals surface area contributed by atoms with Crippen LogP contribution in [0.2, 0.25) is 10.0 Å². The zero-order valence-corrected chi connectivity index (χ0v) is 11.3. The molecule has 0 fully saturated rings. The van der Waals surface area contributed by atoms with Crippen molar-refractivity contribution in [2.75, 3.05) is 5.32 Å². The Balaban J connectivity index is 2.17. The first-order chi connectivity index (χ1) is 9.11. The van der Waals surface area contributed by atoms with Gasteiger partial charge in [-0.2, -0.15) is 5.26 Å². The van der Waals surface area contributed by atoms with Gasteiger partial charge in [0.15, 0.2) is 0 Å². The molecule has 0 radical (unpaired) electrons. The van der Waals surface area contributed by atoms with Crippen LogP contribution in [0.4, 0.5) is 10.1 Å². The lowest BCUT2D eigenvalue weighted by molar-refractivity contribution is 0.624. The zero-order chi connectivity index (χ0) is 13.8. The van der Waals surface area contributed by atoms with Crippen LogP contribution in [-0.4, -0.2) is 0 Å². The number of hydrogen-bond donors (Lipinski definition) is 1. The average Bonchev–Trinajstić information content (AvgIpc) is 2.40. The monoisotopic (exact) mass is 294 g/mol. The van der Waals surface area contributed by atoms with E-state index in [1.807, 2.05) is 12.1 Å². The molecule has 0 aliphatic heterocycles. The first kappa shape index (κ1) is 13.7. The van der Waals surface area contributed by atoms with E-state index in [0.717, 1.165) is 5.56 Å². The molecule has 0 spiro atoms. The average molecular weight is 295 g/mol. The Kier molecular flexibility index (Phi) is 4.26. The molecule has 0 heterocycles. The maximum atomic E-state index is 13.4. The number of rotatable bonds is 3. The molecule has 2 aromatic rings. The molecule has 0 saturated carbocycles. The molecule has 0 aliphatic carbocycles. The highest BCUT2D eigenvalue weighted by molar-refractivity contribution is 6.42. The maximum absolute atomic E-state index is 13.4. The minimum absolute atomic E-state index is 0.00237. The lowest BCUT2D eigenvalue weighted by atomic mass is 10.1. The van der Waals surface area contributed by atoms with Crippen LogP contribution in [0.1, 0.15) is 11.1 Å². The molecule has 0 aliphatic rings. The van der Waals surface area contributed by atoms with Crippen molar-refractivity contribution in [1.29, 1.82) is 5.26 Å². The number of nitriles is 1. The highest BCUT2D eigenvalue weighted by atomic mass is 35.5. The largest absolute Gasteiger partial charge is 0.380 e. The van der Waals surface area contributed by atoms with E-state index in [1.54, 1.807) is 24.3 Å². The quantitative estimate of drug-likeness (QED) is 0.897. The van der Waals surface area contributed by atoms with Crippen LogP contribution in [0.25, 0.3) is 0 Å². The Hall–Kier alpha value is -1.76. The van der Waals surface area contributed by atoms with E-state index in [9.17, 15) is 4.39 Å². The standard InChI is InChI=1S/C14H9Cl2FN2/c15-11-5-4-9(6-12(11)16)8-19-14-3-1-2-13(17)10(14)7-18/h1-6,19H,8H2. The molecule has 0 bridgehead atoms. The van der Waals surface area contributed by atoms with Gasteiger partial charge in [0, 0.05) is 6.54 Å². The molecule has 1 N–H and O–H groups in total. The van der Waals surface area contributed by atoms with Crippen molar-refractivity contribution in [3.05, 3.63) is 63.4 Å². The van der Waals surface area contributed by atoms with Gasteiger partial charge in [-0.3, -0.25) is 0 Å². The molecule has 0 saturated heterocycles. The summed E-state index contributed by atoms with van der Waals surface area (Å²) in [7, 11) is 0. The number of halogens is 3. The molecule has 0 unspecified atom stereocenters. The lowest BCUT2D eigenvalue weighted by Crippen LogP contribution is -2.02. The van der Waals surface area contributed by atoms with E-state index in [2.05, 4.69) is 5.32 Å². The summed E-state index contributed by atoms with van der Waals surface area (Å²) < 4.78 is 13.4. The van der Waals surface area contributed by atoms with Crippen molar-refractivity contribution in [3.63, 3.8) is 0 Å². The SMILES string of the molecule is N#Cc1c(F)cccc1NCc1ccc(Cl)c(Cl)c1. The summed E-state index contributed by atoms with van der Waals surface area (Å²) in [5.74, 6) is -0.540. The molecule has 2 aromatic carbocycles. The van der Waals surface area contributed by atoms with E-state index in [4.69, 9.17) is 28.5 Å². The number of nitrogens with zero attached hydrogens (tertiary/aromatic N) is 1. The highest BCUT2D eigenvalue weighted by Crippen LogP contribution is 2.24. The minimum Gasteiger partial charge on any atom is -0.380 e. The molecule has 19 heavy (non-hydrogen) atoms. The number of nitrogens with one attached hydrogen (secondary N) is 1. The summed E-state index contributed by atoms with van der Waals surface area (Å²) >= 11 is 11.7. The van der Waals surface area contributed by atoms with Gasteiger partial charge < -0.3 is 5.32 Å². The van der Waals surface area contributed by atoms with Gasteiger partial charge in [-0.1, -0.05) is 35.3 Å². The van der Waals surface area contributed by atoms with Crippen molar-refractivity contribution >= 4 is 28.9 Å². The molecule has 96 valence electrons. The van der Waals surface area contributed by atoms with E-state index in [1.165, 1.54) is 6.07 Å². The topological polar surface area (TPSA) is 35.8 Å². The van der Waals surface area contributed by atoms with Crippen molar-refractivity contribution in [2.45, 2.75) is 6.54 Å². The van der Waals surface area contributed by atoms with Gasteiger partial charge in [0.25, 0.3) is 0 Å². The molecule has 2 nitrogen and oxygen atoms in total. The van der Waals surface area contributed by atoms with Crippen LogP contribution in [0.5, 0.6) is 0 Å². The van der Waals surface area contributed by atoms with Gasteiger partial charge in [-0.05, 0) is 29.8 Å². The fraction of sp³-hybridized carbons (Fsp3) is 0.0714. The van der Waals surface area contributed by atoms with Crippen LogP contribution in [0, 0.1) is 17.1 Å². The number of anilines is 1. The smallest absolute Gasteiger partial charge is 0.143 e. The van der Waals surface area contributed by atoms with E-state index >= 15 is 0 Å². The first-order valence-corrected chi connectivity index (χ1v) is 6.24. The third-order valence-electron chi connectivity index (χ3n) is 2.59. The van der Waals surface area contributed by atoms with Gasteiger partial charge in [0.1, 0.15) is 17.4 Å². The zero-order valence-electron chi connectivity index (χ0n) is 9.75. The minimum atomic E-state index is -0.540. The van der Waals surface area contributed by atoms with E-state index in [0.29, 0.717) is 22.3 Å². The van der Waals surface area contributed by atoms with Crippen LogP contribution < -0.4 is 5.32 Å². The van der Waals surface area contributed by atoms with Crippen molar-refractivity contribution < 1.29 is 4.39 Å². The summed E-state index contributed by atoms with van der Waals surface area (Å²) in [5, 5.41) is 12.9. The normalized spacial score (nSPS) is 10.0. The molecule has 2 rings (SSSR count). The summed E-state index contributed by atoms with van der Waals surface area (Å²) in [6.45, 7) is 0.426. The lowest BCUT2D eigenvalue weighted by Gasteiger charge is -2.09. The Morgan fingerprint density at radius 1 is 1.16 bits per heavy atom. The Morgan fingerprint density at radius 2 is 1.95 bits per heavy atom. The first-order valence-electron chi connectivity index (χ1n) is 5.48. The predicted molar refractivity (Wildman–Crippen MR) is 74.9 cm³/mol. The Morgan fingerprint density at radius 3 is 2.63 bits per heavy atom. The number of hydrogen-bond acceptors (Lipinski definition) is 2. The third kappa shape index (κ3) is 3.17. The molecule has 0 aromatic heterocycles. The Labute approximate surface area is 120 Å². The summed E-state index contributed by atoms with van der Waals surface area (Å²) in [6.07, 6.45) is 0. The van der Waals surface area contributed by atoms with Gasteiger partial charge in [0.2, 0.25) is 0 Å². The molecule has 0 amide bonds. The van der Waals surface area contributed by atoms with Crippen molar-refractivity contribution in [2.24, 2.45) is 0 Å². The van der Waals surface area contributed by atoms with Gasteiger partial charge in [0.05, 0.1) is 15.7 Å². The summed E-state index contributed by atoms with van der Waals surface area (Å²) in [6, 6.07) is 11.5. The molecular weight excluding hydrogens is 286 g/mol. The fourth-order valence-corrected chi connectivity index (χ4v) is 1.95. The van der Waals surface area contributed by atoms with Gasteiger partial charge >= 0.3 is 0 Å². The molecule has 5 heteroatoms. The van der Waals surface area contributed by atoms with Crippen LogP contribution >= 0.6 is 23.2 Å². The van der Waals surface area contributed by atoms with E-state index in [-0.39, 0.29) is 5.56 Å². The fourth-order valence-electron chi connectivity index (χ4n) is 1.63. The second-order valence-electron chi connectivity index (χ2n) is 3.88. The molecule has 0 atom stereocenters. The van der Waals surface area contributed by atoms with Crippen LogP contribution in [0.3, 0.4) is 0 Å². The maximum Gasteiger partial charge on any atom is 0.143 e. The second-order valence-corrected chi connectivity index (χ2v) is 4.69. The van der Waals surface area contributed by atoms with Crippen LogP contribution in [0.15, 0.2) is 36.4 Å². The predicted octanol–water partition coefficient (Wildman–Crippen LogP) is 4.62. The van der Waals surface area contributed by atoms with Crippen LogP contribution in [-0.2, 0) is 6.54 Å². The van der Waals surface area contributed by atoms with E-state index < -0.39 is 5.82 Å². The van der Waals surface area contributed by atoms with Gasteiger partial charge in [-0.15, -0.1) is 0 Å². The summed E-state index contributed by atoms with van der Waals surface area (Å²) in [5.41, 5.74) is 1.35. The number of benzene rings is 2. The summed E-state index contributed by atoms with van der Waals surface area (Å²) in [4.78, 5) is 0. The second kappa shape index (κ2) is 5.92.